The van der Waals surface area contributed by atoms with E-state index in [4.69, 9.17) is 0 Å². The van der Waals surface area contributed by atoms with E-state index in [0.717, 1.165) is 12.4 Å². The third kappa shape index (κ3) is 2.16. The second-order valence-electron chi connectivity index (χ2n) is 4.09. The first-order chi connectivity index (χ1) is 7.83. The highest BCUT2D eigenvalue weighted by molar-refractivity contribution is 5.55. The van der Waals surface area contributed by atoms with E-state index in [0.29, 0.717) is 0 Å². The van der Waals surface area contributed by atoms with Gasteiger partial charge in [-0.1, -0.05) is 43.7 Å². The molecule has 0 saturated carbocycles. The van der Waals surface area contributed by atoms with Crippen molar-refractivity contribution >= 4 is 0 Å². The van der Waals surface area contributed by atoms with E-state index in [1.54, 1.807) is 0 Å². The lowest BCUT2D eigenvalue weighted by molar-refractivity contribution is 0.625. The summed E-state index contributed by atoms with van der Waals surface area (Å²) < 4.78 is 2.30. The third-order valence-corrected chi connectivity index (χ3v) is 2.82. The molecule has 2 aromatic rings. The van der Waals surface area contributed by atoms with E-state index in [-0.39, 0.29) is 0 Å². The van der Waals surface area contributed by atoms with Gasteiger partial charge in [0.05, 0.1) is 0 Å². The zero-order chi connectivity index (χ0) is 11.4. The molecule has 84 valence electrons. The van der Waals surface area contributed by atoms with Crippen molar-refractivity contribution < 1.29 is 0 Å². The van der Waals surface area contributed by atoms with E-state index >= 15 is 0 Å². The molecular formula is C14H18N2. The van der Waals surface area contributed by atoms with Crippen LogP contribution >= 0.6 is 0 Å². The highest BCUT2D eigenvalue weighted by Gasteiger charge is 2.07. The van der Waals surface area contributed by atoms with Crippen molar-refractivity contribution in [2.24, 2.45) is 0 Å². The SMILES string of the molecule is CCCCn1c(C)cnc1-c1ccccc1. The van der Waals surface area contributed by atoms with Crippen LogP contribution in [0.1, 0.15) is 25.5 Å². The molecule has 2 nitrogen and oxygen atoms in total. The van der Waals surface area contributed by atoms with Crippen molar-refractivity contribution in [3.63, 3.8) is 0 Å². The van der Waals surface area contributed by atoms with Crippen molar-refractivity contribution in [1.82, 2.24) is 9.55 Å². The molecule has 0 amide bonds. The first-order valence-electron chi connectivity index (χ1n) is 5.90. The van der Waals surface area contributed by atoms with Gasteiger partial charge in [0.1, 0.15) is 5.82 Å². The summed E-state index contributed by atoms with van der Waals surface area (Å²) in [5.41, 5.74) is 2.44. The molecule has 2 rings (SSSR count). The number of nitrogens with zero attached hydrogens (tertiary/aromatic N) is 2. The van der Waals surface area contributed by atoms with E-state index < -0.39 is 0 Å². The van der Waals surface area contributed by atoms with Gasteiger partial charge < -0.3 is 4.57 Å². The van der Waals surface area contributed by atoms with Gasteiger partial charge in [-0.25, -0.2) is 4.98 Å². The Morgan fingerprint density at radius 2 is 1.94 bits per heavy atom. The van der Waals surface area contributed by atoms with Crippen molar-refractivity contribution in [3.8, 4) is 11.4 Å². The summed E-state index contributed by atoms with van der Waals surface area (Å²) in [6.45, 7) is 5.40. The molecule has 1 aromatic carbocycles. The van der Waals surface area contributed by atoms with Crippen molar-refractivity contribution in [2.75, 3.05) is 0 Å². The minimum atomic E-state index is 1.06. The Morgan fingerprint density at radius 3 is 2.62 bits per heavy atom. The van der Waals surface area contributed by atoms with Gasteiger partial charge in [-0.2, -0.15) is 0 Å². The first-order valence-corrected chi connectivity index (χ1v) is 5.90. The second kappa shape index (κ2) is 4.97. The van der Waals surface area contributed by atoms with Crippen LogP contribution in [0.4, 0.5) is 0 Å². The fraction of sp³-hybridized carbons (Fsp3) is 0.357. The molecule has 0 aliphatic heterocycles. The van der Waals surface area contributed by atoms with Crippen LogP contribution in [-0.2, 0) is 6.54 Å². The van der Waals surface area contributed by atoms with Crippen LogP contribution in [0.25, 0.3) is 11.4 Å². The number of aromatic nitrogens is 2. The largest absolute Gasteiger partial charge is 0.328 e. The fourth-order valence-corrected chi connectivity index (χ4v) is 1.88. The molecule has 2 heteroatoms. The molecule has 0 N–H and O–H groups in total. The van der Waals surface area contributed by atoms with Crippen LogP contribution in [0.15, 0.2) is 36.5 Å². The molecule has 0 atom stereocenters. The minimum Gasteiger partial charge on any atom is -0.328 e. The smallest absolute Gasteiger partial charge is 0.140 e. The standard InChI is InChI=1S/C14H18N2/c1-3-4-10-16-12(2)11-15-14(16)13-8-6-5-7-9-13/h5-9,11H,3-4,10H2,1-2H3. The molecule has 0 spiro atoms. The highest BCUT2D eigenvalue weighted by atomic mass is 15.1. The van der Waals surface area contributed by atoms with Gasteiger partial charge in [-0.3, -0.25) is 0 Å². The Hall–Kier alpha value is -1.57. The maximum absolute atomic E-state index is 4.50. The molecule has 0 bridgehead atoms. The number of hydrogen-bond donors (Lipinski definition) is 0. The average molecular weight is 214 g/mol. The van der Waals surface area contributed by atoms with Crippen LogP contribution in [-0.4, -0.2) is 9.55 Å². The predicted molar refractivity (Wildman–Crippen MR) is 67.3 cm³/mol. The van der Waals surface area contributed by atoms with Crippen molar-refractivity contribution in [2.45, 2.75) is 33.2 Å². The average Bonchev–Trinajstić information content (AvgIpc) is 2.69. The lowest BCUT2D eigenvalue weighted by atomic mass is 10.2. The summed E-state index contributed by atoms with van der Waals surface area (Å²) in [5.74, 6) is 1.09. The molecule has 0 saturated heterocycles. The fourth-order valence-electron chi connectivity index (χ4n) is 1.88. The Kier molecular flexibility index (Phi) is 3.40. The van der Waals surface area contributed by atoms with Gasteiger partial charge in [-0.05, 0) is 13.3 Å². The van der Waals surface area contributed by atoms with Gasteiger partial charge in [0, 0.05) is 24.0 Å². The van der Waals surface area contributed by atoms with Crippen LogP contribution in [0.2, 0.25) is 0 Å². The number of hydrogen-bond acceptors (Lipinski definition) is 1. The van der Waals surface area contributed by atoms with E-state index in [1.807, 2.05) is 12.3 Å². The lowest BCUT2D eigenvalue weighted by Gasteiger charge is -2.09. The van der Waals surface area contributed by atoms with Gasteiger partial charge in [0.25, 0.3) is 0 Å². The summed E-state index contributed by atoms with van der Waals surface area (Å²) in [6.07, 6.45) is 4.38. The van der Waals surface area contributed by atoms with Crippen LogP contribution in [0.3, 0.4) is 0 Å². The van der Waals surface area contributed by atoms with Gasteiger partial charge in [0.15, 0.2) is 0 Å². The number of unbranched alkanes of at least 4 members (excludes halogenated alkanes) is 1. The number of benzene rings is 1. The number of aryl methyl sites for hydroxylation is 1. The topological polar surface area (TPSA) is 17.8 Å². The van der Waals surface area contributed by atoms with Gasteiger partial charge in [-0.15, -0.1) is 0 Å². The van der Waals surface area contributed by atoms with Crippen LogP contribution in [0, 0.1) is 6.92 Å². The summed E-state index contributed by atoms with van der Waals surface area (Å²) in [7, 11) is 0. The molecule has 0 fully saturated rings. The summed E-state index contributed by atoms with van der Waals surface area (Å²) in [6, 6.07) is 10.4. The summed E-state index contributed by atoms with van der Waals surface area (Å²) >= 11 is 0. The number of rotatable bonds is 4. The molecular weight excluding hydrogens is 196 g/mol. The highest BCUT2D eigenvalue weighted by Crippen LogP contribution is 2.19. The Morgan fingerprint density at radius 1 is 1.19 bits per heavy atom. The maximum atomic E-state index is 4.50. The van der Waals surface area contributed by atoms with Crippen molar-refractivity contribution in [3.05, 3.63) is 42.2 Å². The normalized spacial score (nSPS) is 10.6. The molecule has 0 aliphatic carbocycles. The predicted octanol–water partition coefficient (Wildman–Crippen LogP) is 3.66. The van der Waals surface area contributed by atoms with E-state index in [1.165, 1.54) is 24.1 Å². The molecule has 1 aromatic heterocycles. The Balaban J connectivity index is 2.34. The molecule has 16 heavy (non-hydrogen) atoms. The van der Waals surface area contributed by atoms with Crippen LogP contribution < -0.4 is 0 Å². The quantitative estimate of drug-likeness (QED) is 0.759. The number of imidazole rings is 1. The molecule has 0 aliphatic rings. The zero-order valence-electron chi connectivity index (χ0n) is 9.98. The summed E-state index contributed by atoms with van der Waals surface area (Å²) in [5, 5.41) is 0. The molecule has 0 radical (unpaired) electrons. The Bertz CT molecular complexity index is 443. The first kappa shape index (κ1) is 10.9. The van der Waals surface area contributed by atoms with Crippen molar-refractivity contribution in [1.29, 1.82) is 0 Å². The Labute approximate surface area is 97.0 Å². The van der Waals surface area contributed by atoms with Gasteiger partial charge >= 0.3 is 0 Å². The monoisotopic (exact) mass is 214 g/mol. The van der Waals surface area contributed by atoms with E-state index in [9.17, 15) is 0 Å². The summed E-state index contributed by atoms with van der Waals surface area (Å²) in [4.78, 5) is 4.50. The lowest BCUT2D eigenvalue weighted by Crippen LogP contribution is -2.02. The minimum absolute atomic E-state index is 1.06. The van der Waals surface area contributed by atoms with Crippen LogP contribution in [0.5, 0.6) is 0 Å². The maximum Gasteiger partial charge on any atom is 0.140 e. The molecule has 0 unspecified atom stereocenters. The van der Waals surface area contributed by atoms with Gasteiger partial charge in [0.2, 0.25) is 0 Å². The second-order valence-corrected chi connectivity index (χ2v) is 4.09. The molecule has 1 heterocycles. The zero-order valence-corrected chi connectivity index (χ0v) is 9.98. The third-order valence-electron chi connectivity index (χ3n) is 2.82. The van der Waals surface area contributed by atoms with E-state index in [2.05, 4.69) is 47.7 Å².